The number of hydrogen-bond donors (Lipinski definition) is 1. The van der Waals surface area contributed by atoms with E-state index in [4.69, 9.17) is 28.1 Å². The molecule has 46 heavy (non-hydrogen) atoms. The van der Waals surface area contributed by atoms with Gasteiger partial charge in [-0.15, -0.1) is 0 Å². The molecule has 0 aromatic heterocycles. The van der Waals surface area contributed by atoms with Gasteiger partial charge in [0.2, 0.25) is 0 Å². The minimum absolute atomic E-state index is 0.00713. The van der Waals surface area contributed by atoms with Gasteiger partial charge in [-0.2, -0.15) is 0 Å². The second-order valence-corrected chi connectivity index (χ2v) is 19.3. The number of carbonyl (C=O) groups excluding carboxylic acids is 1. The van der Waals surface area contributed by atoms with Crippen LogP contribution in [0.5, 0.6) is 5.75 Å². The largest absolute Gasteiger partial charge is 0.497 e. The molecule has 0 saturated carbocycles. The summed E-state index contributed by atoms with van der Waals surface area (Å²) in [7, 11) is -0.476. The van der Waals surface area contributed by atoms with E-state index < -0.39 is 38.1 Å². The van der Waals surface area contributed by atoms with Gasteiger partial charge in [0.15, 0.2) is 8.32 Å². The summed E-state index contributed by atoms with van der Waals surface area (Å²) in [4.78, 5) is 12.9. The van der Waals surface area contributed by atoms with Crippen molar-refractivity contribution < 1.29 is 38.0 Å². The summed E-state index contributed by atoms with van der Waals surface area (Å²) >= 11 is 0. The number of rotatable bonds is 19. The molecule has 4 atom stereocenters. The van der Waals surface area contributed by atoms with Gasteiger partial charge in [-0.05, 0) is 75.5 Å². The average molecular weight is 659 g/mol. The van der Waals surface area contributed by atoms with E-state index in [1.165, 1.54) is 0 Å². The molecule has 0 spiro atoms. The highest BCUT2D eigenvalue weighted by Crippen LogP contribution is 2.37. The van der Waals surface area contributed by atoms with Crippen LogP contribution in [0.15, 0.2) is 66.7 Å². The summed E-state index contributed by atoms with van der Waals surface area (Å²) in [5.41, 5.74) is 2.02. The molecule has 258 valence electrons. The molecular weight excluding hydrogens is 600 g/mol. The Morgan fingerprint density at radius 1 is 0.870 bits per heavy atom. The maximum atomic E-state index is 12.9. The third kappa shape index (κ3) is 13.7. The first-order chi connectivity index (χ1) is 21.4. The Morgan fingerprint density at radius 3 is 2.04 bits per heavy atom. The SMILES string of the molecule is C=C(C[C@H](O)[C@@H](CO[Si](C)(C)C(C)(C)C)OCc1ccc(OC)cc1)C[C@@H](OC(=O)C(C)(C)C)[C@@H](C)OCOCc1ccccc1. The summed E-state index contributed by atoms with van der Waals surface area (Å²) in [6.07, 6.45) is -2.01. The van der Waals surface area contributed by atoms with Crippen LogP contribution in [0, 0.1) is 5.41 Å². The number of benzene rings is 2. The molecule has 2 aromatic carbocycles. The van der Waals surface area contributed by atoms with Crippen molar-refractivity contribution >= 4 is 14.3 Å². The van der Waals surface area contributed by atoms with Crippen LogP contribution in [0.25, 0.3) is 0 Å². The number of carbonyl (C=O) groups is 1. The van der Waals surface area contributed by atoms with Crippen molar-refractivity contribution in [1.82, 2.24) is 0 Å². The number of methoxy groups -OCH3 is 1. The van der Waals surface area contributed by atoms with Crippen molar-refractivity contribution in [3.05, 3.63) is 77.9 Å². The van der Waals surface area contributed by atoms with E-state index in [1.54, 1.807) is 7.11 Å². The van der Waals surface area contributed by atoms with E-state index in [9.17, 15) is 9.90 Å². The van der Waals surface area contributed by atoms with Gasteiger partial charge >= 0.3 is 5.97 Å². The minimum atomic E-state index is -2.11. The molecule has 0 unspecified atom stereocenters. The lowest BCUT2D eigenvalue weighted by atomic mass is 9.96. The van der Waals surface area contributed by atoms with Crippen LogP contribution >= 0.6 is 0 Å². The summed E-state index contributed by atoms with van der Waals surface area (Å²) < 4.78 is 35.6. The zero-order chi connectivity index (χ0) is 34.5. The molecule has 0 radical (unpaired) electrons. The first-order valence-corrected chi connectivity index (χ1v) is 19.0. The van der Waals surface area contributed by atoms with E-state index in [0.29, 0.717) is 25.2 Å². The molecule has 0 aliphatic heterocycles. The molecule has 0 amide bonds. The Balaban J connectivity index is 2.10. The fourth-order valence-electron chi connectivity index (χ4n) is 4.11. The van der Waals surface area contributed by atoms with Crippen LogP contribution in [-0.2, 0) is 41.4 Å². The molecule has 2 rings (SSSR count). The molecular formula is C37H58O8Si. The van der Waals surface area contributed by atoms with Gasteiger partial charge < -0.3 is 33.2 Å². The molecule has 0 aliphatic rings. The molecule has 0 aliphatic carbocycles. The van der Waals surface area contributed by atoms with Gasteiger partial charge in [0.25, 0.3) is 0 Å². The molecule has 0 heterocycles. The van der Waals surface area contributed by atoms with Crippen molar-refractivity contribution in [2.75, 3.05) is 20.5 Å². The highest BCUT2D eigenvalue weighted by molar-refractivity contribution is 6.74. The topological polar surface area (TPSA) is 92.7 Å². The highest BCUT2D eigenvalue weighted by Gasteiger charge is 2.38. The van der Waals surface area contributed by atoms with Gasteiger partial charge in [0, 0.05) is 6.42 Å². The first kappa shape index (κ1) is 39.6. The zero-order valence-electron chi connectivity index (χ0n) is 29.8. The van der Waals surface area contributed by atoms with E-state index >= 15 is 0 Å². The predicted octanol–water partition coefficient (Wildman–Crippen LogP) is 7.84. The first-order valence-electron chi connectivity index (χ1n) is 16.1. The van der Waals surface area contributed by atoms with Gasteiger partial charge in [0.05, 0.1) is 44.6 Å². The lowest BCUT2D eigenvalue weighted by Crippen LogP contribution is -2.45. The fraction of sp³-hybridized carbons (Fsp3) is 0.595. The van der Waals surface area contributed by atoms with Gasteiger partial charge in [-0.3, -0.25) is 4.79 Å². The van der Waals surface area contributed by atoms with Crippen LogP contribution in [0.1, 0.15) is 72.4 Å². The average Bonchev–Trinajstić information content (AvgIpc) is 2.98. The molecule has 0 bridgehead atoms. The second kappa shape index (κ2) is 18.1. The summed E-state index contributed by atoms with van der Waals surface area (Å²) in [6, 6.07) is 17.5. The van der Waals surface area contributed by atoms with Crippen molar-refractivity contribution in [3.63, 3.8) is 0 Å². The monoisotopic (exact) mass is 658 g/mol. The van der Waals surface area contributed by atoms with E-state index in [1.807, 2.05) is 82.3 Å². The summed E-state index contributed by atoms with van der Waals surface area (Å²) in [5.74, 6) is 0.426. The molecule has 9 heteroatoms. The zero-order valence-corrected chi connectivity index (χ0v) is 30.8. The van der Waals surface area contributed by atoms with E-state index in [0.717, 1.165) is 16.9 Å². The smallest absolute Gasteiger partial charge is 0.311 e. The Hall–Kier alpha value is -2.53. The van der Waals surface area contributed by atoms with E-state index in [-0.39, 0.29) is 30.8 Å². The maximum Gasteiger partial charge on any atom is 0.311 e. The third-order valence-corrected chi connectivity index (χ3v) is 12.9. The number of hydrogen-bond acceptors (Lipinski definition) is 8. The molecule has 0 fully saturated rings. The van der Waals surface area contributed by atoms with Crippen molar-refractivity contribution in [3.8, 4) is 5.75 Å². The Kier molecular flexibility index (Phi) is 15.6. The number of ether oxygens (including phenoxy) is 5. The maximum absolute atomic E-state index is 12.9. The van der Waals surface area contributed by atoms with Crippen molar-refractivity contribution in [2.45, 2.75) is 117 Å². The quantitative estimate of drug-likeness (QED) is 0.0537. The van der Waals surface area contributed by atoms with Crippen molar-refractivity contribution in [2.24, 2.45) is 5.41 Å². The van der Waals surface area contributed by atoms with Crippen LogP contribution < -0.4 is 4.74 Å². The highest BCUT2D eigenvalue weighted by atomic mass is 28.4. The summed E-state index contributed by atoms with van der Waals surface area (Å²) in [6.45, 7) is 23.4. The van der Waals surface area contributed by atoms with Gasteiger partial charge in [-0.25, -0.2) is 0 Å². The fourth-order valence-corrected chi connectivity index (χ4v) is 5.13. The second-order valence-electron chi connectivity index (χ2n) is 14.5. The van der Waals surface area contributed by atoms with Crippen molar-refractivity contribution in [1.29, 1.82) is 0 Å². The number of aliphatic hydroxyl groups is 1. The number of esters is 1. The third-order valence-electron chi connectivity index (χ3n) is 8.37. The Labute approximate surface area is 278 Å². The van der Waals surface area contributed by atoms with Crippen LogP contribution in [0.3, 0.4) is 0 Å². The van der Waals surface area contributed by atoms with E-state index in [2.05, 4.69) is 40.4 Å². The minimum Gasteiger partial charge on any atom is -0.497 e. The molecule has 2 aromatic rings. The summed E-state index contributed by atoms with van der Waals surface area (Å²) in [5, 5.41) is 11.5. The van der Waals surface area contributed by atoms with Crippen LogP contribution in [-0.4, -0.2) is 64.3 Å². The lowest BCUT2D eigenvalue weighted by molar-refractivity contribution is -0.174. The predicted molar refractivity (Wildman–Crippen MR) is 185 cm³/mol. The molecule has 8 nitrogen and oxygen atoms in total. The van der Waals surface area contributed by atoms with Gasteiger partial charge in [-0.1, -0.05) is 75.4 Å². The molecule has 1 N–H and O–H groups in total. The Morgan fingerprint density at radius 2 is 1.48 bits per heavy atom. The Bertz CT molecular complexity index is 1180. The van der Waals surface area contributed by atoms with Crippen LogP contribution in [0.4, 0.5) is 0 Å². The normalized spacial score (nSPS) is 15.1. The molecule has 0 saturated heterocycles. The van der Waals surface area contributed by atoms with Gasteiger partial charge in [0.1, 0.15) is 24.8 Å². The number of aliphatic hydroxyl groups excluding tert-OH is 1. The standard InChI is InChI=1S/C37H58O8Si/c1-27(22-33(45-35(39)36(3,4)5)28(2)43-26-41-23-29-15-13-12-14-16-29)21-32(38)34(25-44-46(10,11)37(6,7)8)42-24-30-17-19-31(40-9)20-18-30/h12-20,28,32-34,38H,1,21-26H2,2-11H3/t28-,32+,33-,34-/m1/s1. The lowest BCUT2D eigenvalue weighted by Gasteiger charge is -2.38. The van der Waals surface area contributed by atoms with Crippen LogP contribution in [0.2, 0.25) is 18.1 Å².